The highest BCUT2D eigenvalue weighted by Crippen LogP contribution is 2.43. The van der Waals surface area contributed by atoms with Crippen molar-refractivity contribution >= 4 is 5.78 Å². The molecule has 0 spiro atoms. The van der Waals surface area contributed by atoms with Gasteiger partial charge in [-0.1, -0.05) is 19.1 Å². The molecule has 1 aliphatic heterocycles. The summed E-state index contributed by atoms with van der Waals surface area (Å²) in [4.78, 5) is 12.0. The Hall–Kier alpha value is -1.47. The van der Waals surface area contributed by atoms with Crippen LogP contribution in [0.5, 0.6) is 5.75 Å². The van der Waals surface area contributed by atoms with Gasteiger partial charge in [0.2, 0.25) is 0 Å². The van der Waals surface area contributed by atoms with Gasteiger partial charge in [-0.2, -0.15) is 0 Å². The van der Waals surface area contributed by atoms with Gasteiger partial charge in [-0.15, -0.1) is 0 Å². The number of hydrogen-bond donors (Lipinski definition) is 3. The number of carbonyl (C=O) groups is 1. The van der Waals surface area contributed by atoms with E-state index in [1.165, 1.54) is 6.92 Å². The zero-order chi connectivity index (χ0) is 17.5. The van der Waals surface area contributed by atoms with Crippen molar-refractivity contribution in [1.82, 2.24) is 0 Å². The third kappa shape index (κ3) is 3.19. The Bertz CT molecular complexity index is 634. The maximum atomic E-state index is 12.0. The predicted molar refractivity (Wildman–Crippen MR) is 87.4 cm³/mol. The van der Waals surface area contributed by atoms with E-state index < -0.39 is 24.0 Å². The maximum Gasteiger partial charge on any atom is 0.158 e. The third-order valence-corrected chi connectivity index (χ3v) is 5.24. The van der Waals surface area contributed by atoms with Crippen LogP contribution < -0.4 is 5.73 Å². The van der Waals surface area contributed by atoms with Gasteiger partial charge in [0, 0.05) is 18.4 Å². The fraction of sp³-hybridized carbons (Fsp3) is 0.611. The zero-order valence-corrected chi connectivity index (χ0v) is 14.1. The average Bonchev–Trinajstić information content (AvgIpc) is 2.50. The standard InChI is InChI=1S/C18H25NO5/c1-10-6-16(23-9-14(10)22)24-15-8-18(19,11(2)20)7-12-4-3-5-13(21)17(12)15/h3-5,10,14-16,21-22H,6-9,19H2,1-2H3/t10-,14+,15-,16-,18-/m0/s1. The van der Waals surface area contributed by atoms with Crippen molar-refractivity contribution in [2.45, 2.75) is 57.1 Å². The van der Waals surface area contributed by atoms with Gasteiger partial charge < -0.3 is 25.4 Å². The molecular formula is C18H25NO5. The molecule has 0 bridgehead atoms. The van der Waals surface area contributed by atoms with E-state index in [0.717, 1.165) is 5.56 Å². The van der Waals surface area contributed by atoms with Gasteiger partial charge in [0.25, 0.3) is 0 Å². The summed E-state index contributed by atoms with van der Waals surface area (Å²) in [6, 6.07) is 5.22. The third-order valence-electron chi connectivity index (χ3n) is 5.24. The van der Waals surface area contributed by atoms with Crippen LogP contribution in [0.25, 0.3) is 0 Å². The molecule has 1 fully saturated rings. The number of Topliss-reactive ketones (excluding diaryl/α,β-unsaturated/α-hetero) is 1. The van der Waals surface area contributed by atoms with Crippen LogP contribution in [0.4, 0.5) is 0 Å². The minimum absolute atomic E-state index is 0.0617. The maximum absolute atomic E-state index is 12.0. The number of hydrogen-bond acceptors (Lipinski definition) is 6. The molecule has 0 amide bonds. The molecule has 2 aliphatic rings. The average molecular weight is 335 g/mol. The van der Waals surface area contributed by atoms with E-state index in [4.69, 9.17) is 15.2 Å². The summed E-state index contributed by atoms with van der Waals surface area (Å²) >= 11 is 0. The number of benzene rings is 1. The SMILES string of the molecule is CC(=O)[C@]1(N)Cc2cccc(O)c2[C@@H](O[C@H]2C[C@H](C)[C@H](O)CO2)C1. The van der Waals surface area contributed by atoms with E-state index in [1.807, 2.05) is 13.0 Å². The highest BCUT2D eigenvalue weighted by Gasteiger charge is 2.43. The van der Waals surface area contributed by atoms with Gasteiger partial charge in [0.05, 0.1) is 24.4 Å². The highest BCUT2D eigenvalue weighted by atomic mass is 16.7. The van der Waals surface area contributed by atoms with Gasteiger partial charge in [0.15, 0.2) is 6.29 Å². The van der Waals surface area contributed by atoms with Crippen LogP contribution in [0, 0.1) is 5.92 Å². The quantitative estimate of drug-likeness (QED) is 0.772. The number of aliphatic hydroxyl groups excluding tert-OH is 1. The smallest absolute Gasteiger partial charge is 0.158 e. The fourth-order valence-corrected chi connectivity index (χ4v) is 3.53. The van der Waals surface area contributed by atoms with E-state index in [0.29, 0.717) is 24.8 Å². The lowest BCUT2D eigenvalue weighted by Crippen LogP contribution is -2.52. The Labute approximate surface area is 141 Å². The van der Waals surface area contributed by atoms with Crippen molar-refractivity contribution < 1.29 is 24.5 Å². The lowest BCUT2D eigenvalue weighted by molar-refractivity contribution is -0.226. The molecule has 3 rings (SSSR count). The first-order valence-corrected chi connectivity index (χ1v) is 8.36. The van der Waals surface area contributed by atoms with Crippen LogP contribution >= 0.6 is 0 Å². The first-order valence-electron chi connectivity index (χ1n) is 8.36. The van der Waals surface area contributed by atoms with Crippen molar-refractivity contribution in [3.63, 3.8) is 0 Å². The molecule has 1 aliphatic carbocycles. The Morgan fingerprint density at radius 1 is 1.46 bits per heavy atom. The molecule has 1 saturated heterocycles. The van der Waals surface area contributed by atoms with E-state index in [-0.39, 0.29) is 24.1 Å². The molecule has 1 aromatic carbocycles. The second-order valence-corrected chi connectivity index (χ2v) is 7.11. The van der Waals surface area contributed by atoms with Gasteiger partial charge in [-0.25, -0.2) is 0 Å². The number of aromatic hydroxyl groups is 1. The van der Waals surface area contributed by atoms with Crippen molar-refractivity contribution in [3.8, 4) is 5.75 Å². The normalized spacial score (nSPS) is 36.2. The molecular weight excluding hydrogens is 310 g/mol. The minimum Gasteiger partial charge on any atom is -0.508 e. The van der Waals surface area contributed by atoms with E-state index in [1.54, 1.807) is 12.1 Å². The second kappa shape index (κ2) is 6.44. The molecule has 6 nitrogen and oxygen atoms in total. The lowest BCUT2D eigenvalue weighted by atomic mass is 9.74. The van der Waals surface area contributed by atoms with Crippen LogP contribution in [0.15, 0.2) is 18.2 Å². The number of fused-ring (bicyclic) bond motifs is 1. The molecule has 24 heavy (non-hydrogen) atoms. The minimum atomic E-state index is -1.01. The summed E-state index contributed by atoms with van der Waals surface area (Å²) in [5.74, 6) is 0.108. The molecule has 1 aromatic rings. The Morgan fingerprint density at radius 3 is 2.88 bits per heavy atom. The fourth-order valence-electron chi connectivity index (χ4n) is 3.53. The van der Waals surface area contributed by atoms with Crippen molar-refractivity contribution in [1.29, 1.82) is 0 Å². The summed E-state index contributed by atoms with van der Waals surface area (Å²) in [6.07, 6.45) is -0.275. The summed E-state index contributed by atoms with van der Waals surface area (Å²) in [5, 5.41) is 20.0. The molecule has 5 atom stereocenters. The first kappa shape index (κ1) is 17.4. The van der Waals surface area contributed by atoms with Gasteiger partial charge in [0.1, 0.15) is 11.5 Å². The van der Waals surface area contributed by atoms with Gasteiger partial charge in [-0.3, -0.25) is 4.79 Å². The monoisotopic (exact) mass is 335 g/mol. The molecule has 0 unspecified atom stereocenters. The van der Waals surface area contributed by atoms with E-state index in [2.05, 4.69) is 0 Å². The molecule has 132 valence electrons. The lowest BCUT2D eigenvalue weighted by Gasteiger charge is -2.40. The number of aliphatic hydroxyl groups is 1. The zero-order valence-electron chi connectivity index (χ0n) is 14.1. The van der Waals surface area contributed by atoms with Crippen LogP contribution in [0.3, 0.4) is 0 Å². The predicted octanol–water partition coefficient (Wildman–Crippen LogP) is 1.43. The van der Waals surface area contributed by atoms with Gasteiger partial charge >= 0.3 is 0 Å². The Balaban J connectivity index is 1.87. The number of ketones is 1. The summed E-state index contributed by atoms with van der Waals surface area (Å²) in [6.45, 7) is 3.64. The largest absolute Gasteiger partial charge is 0.508 e. The number of carbonyl (C=O) groups excluding carboxylic acids is 1. The van der Waals surface area contributed by atoms with Crippen LogP contribution in [0.1, 0.15) is 43.9 Å². The van der Waals surface area contributed by atoms with Gasteiger partial charge in [-0.05, 0) is 30.9 Å². The van der Waals surface area contributed by atoms with E-state index in [9.17, 15) is 15.0 Å². The molecule has 1 heterocycles. The molecule has 4 N–H and O–H groups in total. The van der Waals surface area contributed by atoms with Crippen LogP contribution in [-0.4, -0.2) is 40.5 Å². The topological polar surface area (TPSA) is 102 Å². The summed E-state index contributed by atoms with van der Waals surface area (Å²) in [7, 11) is 0. The van der Waals surface area contributed by atoms with E-state index >= 15 is 0 Å². The first-order chi connectivity index (χ1) is 11.3. The number of phenolic OH excluding ortho intramolecular Hbond substituents is 1. The van der Waals surface area contributed by atoms with Crippen LogP contribution in [-0.2, 0) is 20.7 Å². The molecule has 0 radical (unpaired) electrons. The molecule has 0 saturated carbocycles. The highest BCUT2D eigenvalue weighted by molar-refractivity contribution is 5.86. The Morgan fingerprint density at radius 2 is 2.21 bits per heavy atom. The van der Waals surface area contributed by atoms with Crippen molar-refractivity contribution in [2.75, 3.05) is 6.61 Å². The Kier molecular flexibility index (Phi) is 4.66. The molecule has 0 aromatic heterocycles. The number of ether oxygens (including phenoxy) is 2. The number of phenols is 1. The van der Waals surface area contributed by atoms with Crippen molar-refractivity contribution in [3.05, 3.63) is 29.3 Å². The number of rotatable bonds is 3. The van der Waals surface area contributed by atoms with Crippen LogP contribution in [0.2, 0.25) is 0 Å². The van der Waals surface area contributed by atoms with Crippen molar-refractivity contribution in [2.24, 2.45) is 11.7 Å². The second-order valence-electron chi connectivity index (χ2n) is 7.11. The summed E-state index contributed by atoms with van der Waals surface area (Å²) < 4.78 is 11.6. The number of nitrogens with two attached hydrogens (primary N) is 1. The summed E-state index contributed by atoms with van der Waals surface area (Å²) in [5.41, 5.74) is 6.82. The molecule has 6 heteroatoms.